The van der Waals surface area contributed by atoms with E-state index in [2.05, 4.69) is 21.2 Å². The predicted molar refractivity (Wildman–Crippen MR) is 79.1 cm³/mol. The van der Waals surface area contributed by atoms with Gasteiger partial charge in [-0.05, 0) is 40.2 Å². The standard InChI is InChI=1S/C15H12BrFN2O/c1-20-12-4-5-13(16)15(7-12)19-9-11-3-2-10(8-18)6-14(11)17/h2-7,19H,9H2,1H3. The van der Waals surface area contributed by atoms with Gasteiger partial charge in [-0.25, -0.2) is 4.39 Å². The number of nitrogens with zero attached hydrogens (tertiary/aromatic N) is 1. The fourth-order valence-corrected chi connectivity index (χ4v) is 2.10. The molecule has 20 heavy (non-hydrogen) atoms. The summed E-state index contributed by atoms with van der Waals surface area (Å²) in [6.45, 7) is 0.323. The minimum absolute atomic E-state index is 0.314. The molecule has 0 spiro atoms. The molecule has 0 unspecified atom stereocenters. The van der Waals surface area contributed by atoms with Crippen molar-refractivity contribution < 1.29 is 9.13 Å². The second-order valence-electron chi connectivity index (χ2n) is 4.12. The highest BCUT2D eigenvalue weighted by Crippen LogP contribution is 2.27. The zero-order valence-corrected chi connectivity index (χ0v) is 12.4. The molecule has 0 saturated carbocycles. The summed E-state index contributed by atoms with van der Waals surface area (Å²) < 4.78 is 19.8. The van der Waals surface area contributed by atoms with Gasteiger partial charge in [-0.15, -0.1) is 0 Å². The third kappa shape index (κ3) is 3.28. The third-order valence-electron chi connectivity index (χ3n) is 2.82. The summed E-state index contributed by atoms with van der Waals surface area (Å²) in [6.07, 6.45) is 0. The number of ether oxygens (including phenoxy) is 1. The first kappa shape index (κ1) is 14.4. The van der Waals surface area contributed by atoms with E-state index in [1.54, 1.807) is 19.2 Å². The molecule has 1 N–H and O–H groups in total. The van der Waals surface area contributed by atoms with Crippen LogP contribution in [-0.2, 0) is 6.54 Å². The first-order valence-corrected chi connectivity index (χ1v) is 6.69. The van der Waals surface area contributed by atoms with Crippen LogP contribution in [0.4, 0.5) is 10.1 Å². The van der Waals surface area contributed by atoms with Crippen LogP contribution >= 0.6 is 15.9 Å². The van der Waals surface area contributed by atoms with Gasteiger partial charge in [0.15, 0.2) is 0 Å². The van der Waals surface area contributed by atoms with Crippen molar-refractivity contribution in [1.82, 2.24) is 0 Å². The zero-order chi connectivity index (χ0) is 14.5. The Labute approximate surface area is 125 Å². The Morgan fingerprint density at radius 2 is 2.10 bits per heavy atom. The highest BCUT2D eigenvalue weighted by atomic mass is 79.9. The monoisotopic (exact) mass is 334 g/mol. The maximum atomic E-state index is 13.8. The van der Waals surface area contributed by atoms with Crippen molar-refractivity contribution in [3.8, 4) is 11.8 Å². The highest BCUT2D eigenvalue weighted by Gasteiger charge is 2.06. The molecule has 0 aliphatic rings. The number of hydrogen-bond acceptors (Lipinski definition) is 3. The predicted octanol–water partition coefficient (Wildman–Crippen LogP) is 4.08. The Morgan fingerprint density at radius 3 is 2.75 bits per heavy atom. The van der Waals surface area contributed by atoms with Crippen molar-refractivity contribution >= 4 is 21.6 Å². The molecule has 0 saturated heterocycles. The van der Waals surface area contributed by atoms with Gasteiger partial charge in [0.05, 0.1) is 24.4 Å². The lowest BCUT2D eigenvalue weighted by molar-refractivity contribution is 0.415. The van der Waals surface area contributed by atoms with Gasteiger partial charge >= 0.3 is 0 Å². The Morgan fingerprint density at radius 1 is 1.30 bits per heavy atom. The number of benzene rings is 2. The molecular weight excluding hydrogens is 323 g/mol. The molecule has 0 atom stereocenters. The molecular formula is C15H12BrFN2O. The van der Waals surface area contributed by atoms with Gasteiger partial charge in [-0.1, -0.05) is 6.07 Å². The number of nitrogens with one attached hydrogen (secondary N) is 1. The first-order chi connectivity index (χ1) is 9.63. The lowest BCUT2D eigenvalue weighted by atomic mass is 10.1. The number of hydrogen-bond donors (Lipinski definition) is 1. The van der Waals surface area contributed by atoms with Crippen molar-refractivity contribution in [3.05, 3.63) is 57.8 Å². The second-order valence-corrected chi connectivity index (χ2v) is 4.97. The molecule has 0 heterocycles. The van der Waals surface area contributed by atoms with Crippen molar-refractivity contribution in [3.63, 3.8) is 0 Å². The Balaban J connectivity index is 2.15. The van der Waals surface area contributed by atoms with Crippen LogP contribution in [0.1, 0.15) is 11.1 Å². The van der Waals surface area contributed by atoms with Gasteiger partial charge in [0.25, 0.3) is 0 Å². The summed E-state index contributed by atoms with van der Waals surface area (Å²) in [5.74, 6) is 0.326. The molecule has 0 aromatic heterocycles. The van der Waals surface area contributed by atoms with E-state index in [1.165, 1.54) is 6.07 Å². The number of halogens is 2. The van der Waals surface area contributed by atoms with Crippen molar-refractivity contribution in [2.24, 2.45) is 0 Å². The van der Waals surface area contributed by atoms with E-state index in [9.17, 15) is 4.39 Å². The fraction of sp³-hybridized carbons (Fsp3) is 0.133. The molecule has 0 aliphatic heterocycles. The van der Waals surface area contributed by atoms with Gasteiger partial charge in [0.2, 0.25) is 0 Å². The van der Waals surface area contributed by atoms with E-state index in [0.717, 1.165) is 15.9 Å². The normalized spacial score (nSPS) is 9.90. The Hall–Kier alpha value is -2.06. The second kappa shape index (κ2) is 6.40. The molecule has 2 rings (SSSR count). The van der Waals surface area contributed by atoms with Crippen molar-refractivity contribution in [2.75, 3.05) is 12.4 Å². The molecule has 2 aromatic rings. The van der Waals surface area contributed by atoms with Crippen LogP contribution < -0.4 is 10.1 Å². The molecule has 0 amide bonds. The maximum Gasteiger partial charge on any atom is 0.129 e. The Bertz CT molecular complexity index is 667. The quantitative estimate of drug-likeness (QED) is 0.916. The smallest absolute Gasteiger partial charge is 0.129 e. The van der Waals surface area contributed by atoms with E-state index in [-0.39, 0.29) is 0 Å². The molecule has 0 aliphatic carbocycles. The minimum Gasteiger partial charge on any atom is -0.497 e. The number of methoxy groups -OCH3 is 1. The highest BCUT2D eigenvalue weighted by molar-refractivity contribution is 9.10. The van der Waals surface area contributed by atoms with E-state index >= 15 is 0 Å². The van der Waals surface area contributed by atoms with Crippen LogP contribution in [0.5, 0.6) is 5.75 Å². The zero-order valence-electron chi connectivity index (χ0n) is 10.8. The summed E-state index contributed by atoms with van der Waals surface area (Å²) in [4.78, 5) is 0. The van der Waals surface area contributed by atoms with E-state index in [1.807, 2.05) is 24.3 Å². The molecule has 0 fully saturated rings. The van der Waals surface area contributed by atoms with E-state index in [4.69, 9.17) is 10.00 Å². The first-order valence-electron chi connectivity index (χ1n) is 5.90. The molecule has 102 valence electrons. The van der Waals surface area contributed by atoms with Gasteiger partial charge in [-0.3, -0.25) is 0 Å². The summed E-state index contributed by atoms with van der Waals surface area (Å²) in [7, 11) is 1.59. The van der Waals surface area contributed by atoms with Crippen LogP contribution in [0.3, 0.4) is 0 Å². The summed E-state index contributed by atoms with van der Waals surface area (Å²) in [5.41, 5.74) is 1.63. The summed E-state index contributed by atoms with van der Waals surface area (Å²) >= 11 is 3.42. The summed E-state index contributed by atoms with van der Waals surface area (Å²) in [5, 5.41) is 11.8. The minimum atomic E-state index is -0.393. The molecule has 0 bridgehead atoms. The number of nitriles is 1. The number of anilines is 1. The van der Waals surface area contributed by atoms with Gasteiger partial charge in [0.1, 0.15) is 11.6 Å². The lowest BCUT2D eigenvalue weighted by Gasteiger charge is -2.11. The van der Waals surface area contributed by atoms with Gasteiger partial charge < -0.3 is 10.1 Å². The molecule has 3 nitrogen and oxygen atoms in total. The van der Waals surface area contributed by atoms with Crippen molar-refractivity contribution in [1.29, 1.82) is 5.26 Å². The van der Waals surface area contributed by atoms with E-state index < -0.39 is 5.82 Å². The van der Waals surface area contributed by atoms with E-state index in [0.29, 0.717) is 17.7 Å². The Kier molecular flexibility index (Phi) is 4.59. The van der Waals surface area contributed by atoms with Crippen molar-refractivity contribution in [2.45, 2.75) is 6.54 Å². The van der Waals surface area contributed by atoms with Crippen LogP contribution in [0, 0.1) is 17.1 Å². The lowest BCUT2D eigenvalue weighted by Crippen LogP contribution is -2.03. The average Bonchev–Trinajstić information content (AvgIpc) is 2.47. The fourth-order valence-electron chi connectivity index (χ4n) is 1.72. The SMILES string of the molecule is COc1ccc(Br)c(NCc2ccc(C#N)cc2F)c1. The molecule has 5 heteroatoms. The third-order valence-corrected chi connectivity index (χ3v) is 3.52. The summed E-state index contributed by atoms with van der Waals surface area (Å²) in [6, 6.07) is 11.9. The topological polar surface area (TPSA) is 45.0 Å². The van der Waals surface area contributed by atoms with Gasteiger partial charge in [0, 0.05) is 22.6 Å². The van der Waals surface area contributed by atoms with Crippen LogP contribution in [-0.4, -0.2) is 7.11 Å². The molecule has 2 aromatic carbocycles. The van der Waals surface area contributed by atoms with Crippen LogP contribution in [0.15, 0.2) is 40.9 Å². The maximum absolute atomic E-state index is 13.8. The molecule has 0 radical (unpaired) electrons. The average molecular weight is 335 g/mol. The number of rotatable bonds is 4. The van der Waals surface area contributed by atoms with Crippen LogP contribution in [0.25, 0.3) is 0 Å². The van der Waals surface area contributed by atoms with Crippen LogP contribution in [0.2, 0.25) is 0 Å². The van der Waals surface area contributed by atoms with Gasteiger partial charge in [-0.2, -0.15) is 5.26 Å². The largest absolute Gasteiger partial charge is 0.497 e.